The van der Waals surface area contributed by atoms with Gasteiger partial charge in [-0.25, -0.2) is 0 Å². The molecule has 0 saturated carbocycles. The fraction of sp³-hybridized carbons (Fsp3) is 0.125. The highest BCUT2D eigenvalue weighted by Crippen LogP contribution is 2.01. The summed E-state index contributed by atoms with van der Waals surface area (Å²) in [6.07, 6.45) is 0. The first-order valence-electron chi connectivity index (χ1n) is 3.27. The molecule has 1 aromatic rings. The molecule has 0 saturated heterocycles. The zero-order valence-electron chi connectivity index (χ0n) is 5.99. The molecule has 0 atom stereocenters. The lowest BCUT2D eigenvalue weighted by Gasteiger charge is -2.02. The van der Waals surface area contributed by atoms with E-state index in [2.05, 4.69) is 0 Å². The average Bonchev–Trinajstić information content (AvgIpc) is 2.07. The lowest BCUT2D eigenvalue weighted by atomic mass is 10.2. The molecule has 3 heteroatoms. The summed E-state index contributed by atoms with van der Waals surface area (Å²) in [6.45, 7) is 0.133. The van der Waals surface area contributed by atoms with Crippen molar-refractivity contribution >= 4 is 17.3 Å². The van der Waals surface area contributed by atoms with Gasteiger partial charge in [0.25, 0.3) is 0 Å². The highest BCUT2D eigenvalue weighted by molar-refractivity contribution is 7.80. The Morgan fingerprint density at radius 3 is 2.55 bits per heavy atom. The molecular formula is C8H9NOS. The van der Waals surface area contributed by atoms with Gasteiger partial charge in [0, 0.05) is 5.56 Å². The molecule has 58 valence electrons. The highest BCUT2D eigenvalue weighted by Gasteiger charge is 1.97. The lowest BCUT2D eigenvalue weighted by molar-refractivity contribution is 0.326. The molecule has 0 amide bonds. The van der Waals surface area contributed by atoms with Crippen LogP contribution in [0.25, 0.3) is 0 Å². The van der Waals surface area contributed by atoms with Gasteiger partial charge in [0.1, 0.15) is 6.73 Å². The van der Waals surface area contributed by atoms with E-state index >= 15 is 0 Å². The van der Waals surface area contributed by atoms with Crippen LogP contribution < -0.4 is 5.73 Å². The smallest absolute Gasteiger partial charge is 0.192 e. The van der Waals surface area contributed by atoms with Crippen LogP contribution in [0.15, 0.2) is 30.3 Å². The van der Waals surface area contributed by atoms with Crippen LogP contribution in [0, 0.1) is 0 Å². The molecule has 1 aromatic carbocycles. The van der Waals surface area contributed by atoms with Crippen LogP contribution >= 0.6 is 12.2 Å². The largest absolute Gasteiger partial charge is 0.468 e. The number of nitrogens with two attached hydrogens (primary N) is 1. The van der Waals surface area contributed by atoms with Crippen LogP contribution in [-0.2, 0) is 4.74 Å². The Kier molecular flexibility index (Phi) is 3.01. The van der Waals surface area contributed by atoms with E-state index in [1.807, 2.05) is 30.3 Å². The third kappa shape index (κ3) is 2.29. The first-order chi connectivity index (χ1) is 5.34. The number of rotatable bonds is 2. The average molecular weight is 167 g/mol. The molecule has 11 heavy (non-hydrogen) atoms. The van der Waals surface area contributed by atoms with Crippen LogP contribution in [0.3, 0.4) is 0 Å². The Balaban J connectivity index is 2.69. The molecule has 2 nitrogen and oxygen atoms in total. The molecule has 0 aromatic heterocycles. The molecule has 0 aliphatic rings. The van der Waals surface area contributed by atoms with Gasteiger partial charge in [0.05, 0.1) is 0 Å². The van der Waals surface area contributed by atoms with Crippen LogP contribution in [0.5, 0.6) is 0 Å². The van der Waals surface area contributed by atoms with Crippen molar-refractivity contribution in [3.05, 3.63) is 35.9 Å². The normalized spacial score (nSPS) is 9.18. The van der Waals surface area contributed by atoms with E-state index in [0.717, 1.165) is 5.56 Å². The topological polar surface area (TPSA) is 35.2 Å². The first-order valence-corrected chi connectivity index (χ1v) is 3.67. The third-order valence-corrected chi connectivity index (χ3v) is 1.58. The minimum absolute atomic E-state index is 0.133. The van der Waals surface area contributed by atoms with Gasteiger partial charge in [-0.15, -0.1) is 0 Å². The van der Waals surface area contributed by atoms with Gasteiger partial charge >= 0.3 is 0 Å². The maximum atomic E-state index is 5.16. The zero-order chi connectivity index (χ0) is 8.10. The van der Waals surface area contributed by atoms with Gasteiger partial charge in [0.2, 0.25) is 0 Å². The van der Waals surface area contributed by atoms with Crippen LogP contribution in [0.4, 0.5) is 0 Å². The third-order valence-electron chi connectivity index (χ3n) is 1.22. The fourth-order valence-corrected chi connectivity index (χ4v) is 0.937. The van der Waals surface area contributed by atoms with E-state index in [9.17, 15) is 0 Å². The van der Waals surface area contributed by atoms with Crippen molar-refractivity contribution in [2.24, 2.45) is 5.73 Å². The van der Waals surface area contributed by atoms with Crippen molar-refractivity contribution in [3.8, 4) is 0 Å². The zero-order valence-corrected chi connectivity index (χ0v) is 6.80. The molecule has 0 bridgehead atoms. The van der Waals surface area contributed by atoms with Gasteiger partial charge in [-0.05, 0) is 12.2 Å². The summed E-state index contributed by atoms with van der Waals surface area (Å²) in [7, 11) is 0. The second kappa shape index (κ2) is 4.05. The van der Waals surface area contributed by atoms with Gasteiger partial charge in [-0.3, -0.25) is 5.73 Å². The molecule has 0 spiro atoms. The highest BCUT2D eigenvalue weighted by atomic mass is 32.1. The second-order valence-electron chi connectivity index (χ2n) is 1.96. The van der Waals surface area contributed by atoms with E-state index in [1.54, 1.807) is 0 Å². The maximum Gasteiger partial charge on any atom is 0.192 e. The Morgan fingerprint density at radius 1 is 1.36 bits per heavy atom. The summed E-state index contributed by atoms with van der Waals surface area (Å²) in [5.41, 5.74) is 6.05. The predicted molar refractivity (Wildman–Crippen MR) is 48.3 cm³/mol. The van der Waals surface area contributed by atoms with Crippen LogP contribution in [0.2, 0.25) is 0 Å². The molecular weight excluding hydrogens is 158 g/mol. The Labute approximate surface area is 71.0 Å². The molecule has 1 rings (SSSR count). The minimum Gasteiger partial charge on any atom is -0.468 e. The van der Waals surface area contributed by atoms with Crippen LogP contribution in [0.1, 0.15) is 5.56 Å². The van der Waals surface area contributed by atoms with Gasteiger partial charge in [0.15, 0.2) is 5.05 Å². The Hall–Kier alpha value is -0.930. The molecule has 0 fully saturated rings. The lowest BCUT2D eigenvalue weighted by Crippen LogP contribution is -2.10. The van der Waals surface area contributed by atoms with E-state index < -0.39 is 0 Å². The molecule has 2 N–H and O–H groups in total. The number of benzene rings is 1. The van der Waals surface area contributed by atoms with Crippen molar-refractivity contribution in [3.63, 3.8) is 0 Å². The van der Waals surface area contributed by atoms with Crippen LogP contribution in [-0.4, -0.2) is 11.8 Å². The van der Waals surface area contributed by atoms with Gasteiger partial charge in [-0.1, -0.05) is 30.3 Å². The van der Waals surface area contributed by atoms with Crippen molar-refractivity contribution in [1.29, 1.82) is 0 Å². The summed E-state index contributed by atoms with van der Waals surface area (Å²) < 4.78 is 4.94. The van der Waals surface area contributed by atoms with Crippen molar-refractivity contribution in [2.45, 2.75) is 0 Å². The molecule has 0 heterocycles. The molecule has 0 unspecified atom stereocenters. The monoisotopic (exact) mass is 167 g/mol. The maximum absolute atomic E-state index is 5.16. The first kappa shape index (κ1) is 8.17. The summed E-state index contributed by atoms with van der Waals surface area (Å²) in [6, 6.07) is 9.51. The number of thiocarbonyl (C=S) groups is 1. The molecule has 0 radical (unpaired) electrons. The van der Waals surface area contributed by atoms with E-state index in [4.69, 9.17) is 22.7 Å². The predicted octanol–water partition coefficient (Wildman–Crippen LogP) is 1.29. The van der Waals surface area contributed by atoms with Crippen molar-refractivity contribution in [2.75, 3.05) is 6.73 Å². The van der Waals surface area contributed by atoms with E-state index in [1.165, 1.54) is 0 Å². The van der Waals surface area contributed by atoms with Gasteiger partial charge < -0.3 is 4.74 Å². The second-order valence-corrected chi connectivity index (χ2v) is 2.34. The quantitative estimate of drug-likeness (QED) is 0.532. The SMILES string of the molecule is NCOC(=S)c1ccccc1. The summed E-state index contributed by atoms with van der Waals surface area (Å²) in [5.74, 6) is 0. The van der Waals surface area contributed by atoms with Crippen molar-refractivity contribution < 1.29 is 4.74 Å². The molecule has 0 aliphatic carbocycles. The Morgan fingerprint density at radius 2 is 2.00 bits per heavy atom. The number of ether oxygens (including phenoxy) is 1. The van der Waals surface area contributed by atoms with Crippen molar-refractivity contribution in [1.82, 2.24) is 0 Å². The standard InChI is InChI=1S/C8H9NOS/c9-6-10-8(11)7-4-2-1-3-5-7/h1-5H,6,9H2. The van der Waals surface area contributed by atoms with E-state index in [-0.39, 0.29) is 6.73 Å². The fourth-order valence-electron chi connectivity index (χ4n) is 0.733. The summed E-state index contributed by atoms with van der Waals surface area (Å²) in [4.78, 5) is 0. The molecule has 0 aliphatic heterocycles. The van der Waals surface area contributed by atoms with Gasteiger partial charge in [-0.2, -0.15) is 0 Å². The number of hydrogen-bond acceptors (Lipinski definition) is 3. The number of hydrogen-bond donors (Lipinski definition) is 1. The Bertz CT molecular complexity index is 235. The summed E-state index contributed by atoms with van der Waals surface area (Å²) >= 11 is 4.92. The minimum atomic E-state index is 0.133. The van der Waals surface area contributed by atoms with E-state index in [0.29, 0.717) is 5.05 Å². The summed E-state index contributed by atoms with van der Waals surface area (Å²) in [5, 5.41) is 0.452.